The fourth-order valence-corrected chi connectivity index (χ4v) is 1.68. The largest absolute Gasteiger partial charge is 0.543 e. The molecule has 0 bridgehead atoms. The van der Waals surface area contributed by atoms with Crippen molar-refractivity contribution in [1.82, 2.24) is 0 Å². The molecule has 2 nitrogen and oxygen atoms in total. The Labute approximate surface area is 95.2 Å². The Morgan fingerprint density at radius 1 is 0.933 bits per heavy atom. The Morgan fingerprint density at radius 2 is 1.40 bits per heavy atom. The summed E-state index contributed by atoms with van der Waals surface area (Å²) in [7, 11) is 1.45. The van der Waals surface area contributed by atoms with Crippen LogP contribution in [-0.4, -0.2) is 14.0 Å². The molecule has 0 atom stereocenters. The maximum absolute atomic E-state index is 10.8. The molecule has 15 heavy (non-hydrogen) atoms. The van der Waals surface area contributed by atoms with Crippen LogP contribution in [0.2, 0.25) is 0 Å². The van der Waals surface area contributed by atoms with Crippen LogP contribution in [0, 0.1) is 0 Å². The molecule has 0 radical (unpaired) electrons. The third-order valence-electron chi connectivity index (χ3n) is 2.71. The first-order chi connectivity index (χ1) is 7.31. The second kappa shape index (κ2) is 11.6. The molecule has 0 unspecified atom stereocenters. The molecule has 0 aromatic rings. The standard InChI is InChI=1S/C12H25BO2/c1-2-3-4-5-6-7-8-9-10-11-12(14)15-13/h2-11,13H2,1H3. The molecule has 0 saturated heterocycles. The molecule has 0 N–H and O–H groups in total. The quantitative estimate of drug-likeness (QED) is 0.411. The van der Waals surface area contributed by atoms with Gasteiger partial charge in [0.25, 0.3) is 5.97 Å². The average molecular weight is 212 g/mol. The number of carbonyl (C=O) groups is 1. The molecule has 3 heteroatoms. The van der Waals surface area contributed by atoms with Gasteiger partial charge in [0.2, 0.25) is 0 Å². The molecule has 0 spiro atoms. The van der Waals surface area contributed by atoms with E-state index in [0.717, 1.165) is 6.42 Å². The van der Waals surface area contributed by atoms with Crippen LogP contribution in [0.15, 0.2) is 0 Å². The van der Waals surface area contributed by atoms with Crippen molar-refractivity contribution in [2.45, 2.75) is 71.1 Å². The summed E-state index contributed by atoms with van der Waals surface area (Å²) in [6, 6.07) is 0. The second-order valence-electron chi connectivity index (χ2n) is 4.15. The van der Waals surface area contributed by atoms with Gasteiger partial charge in [-0.3, -0.25) is 4.79 Å². The summed E-state index contributed by atoms with van der Waals surface area (Å²) in [5.41, 5.74) is 0. The summed E-state index contributed by atoms with van der Waals surface area (Å²) in [4.78, 5) is 10.8. The van der Waals surface area contributed by atoms with Crippen molar-refractivity contribution in [1.29, 1.82) is 0 Å². The Balaban J connectivity index is 2.95. The lowest BCUT2D eigenvalue weighted by Gasteiger charge is -2.01. The molecule has 0 aliphatic carbocycles. The van der Waals surface area contributed by atoms with E-state index in [1.165, 1.54) is 59.4 Å². The summed E-state index contributed by atoms with van der Waals surface area (Å²) < 4.78 is 4.58. The maximum Gasteiger partial charge on any atom is 0.325 e. The highest BCUT2D eigenvalue weighted by Crippen LogP contribution is 2.10. The number of hydrogen-bond donors (Lipinski definition) is 0. The summed E-state index contributed by atoms with van der Waals surface area (Å²) >= 11 is 0. The monoisotopic (exact) mass is 212 g/mol. The third-order valence-corrected chi connectivity index (χ3v) is 2.71. The lowest BCUT2D eigenvalue weighted by molar-refractivity contribution is -0.134. The minimum Gasteiger partial charge on any atom is -0.543 e. The molecule has 0 aliphatic rings. The summed E-state index contributed by atoms with van der Waals surface area (Å²) in [6.45, 7) is 2.24. The predicted octanol–water partition coefficient (Wildman–Crippen LogP) is 3.00. The zero-order valence-corrected chi connectivity index (χ0v) is 10.4. The van der Waals surface area contributed by atoms with Gasteiger partial charge in [0.05, 0.1) is 0 Å². The van der Waals surface area contributed by atoms with E-state index in [-0.39, 0.29) is 5.97 Å². The van der Waals surface area contributed by atoms with Gasteiger partial charge in [-0.15, -0.1) is 0 Å². The van der Waals surface area contributed by atoms with E-state index in [0.29, 0.717) is 6.42 Å². The van der Waals surface area contributed by atoms with Gasteiger partial charge in [-0.25, -0.2) is 0 Å². The topological polar surface area (TPSA) is 26.3 Å². The number of rotatable bonds is 10. The van der Waals surface area contributed by atoms with E-state index in [4.69, 9.17) is 0 Å². The van der Waals surface area contributed by atoms with E-state index in [2.05, 4.69) is 11.6 Å². The van der Waals surface area contributed by atoms with Crippen LogP contribution in [0.5, 0.6) is 0 Å². The molecular formula is C12H25BO2. The molecule has 0 fully saturated rings. The zero-order valence-electron chi connectivity index (χ0n) is 10.4. The Hall–Kier alpha value is -0.465. The van der Waals surface area contributed by atoms with Crippen molar-refractivity contribution in [2.75, 3.05) is 0 Å². The van der Waals surface area contributed by atoms with E-state index in [9.17, 15) is 4.79 Å². The minimum atomic E-state index is -0.0713. The van der Waals surface area contributed by atoms with Gasteiger partial charge in [0, 0.05) is 6.42 Å². The smallest absolute Gasteiger partial charge is 0.325 e. The van der Waals surface area contributed by atoms with Crippen LogP contribution >= 0.6 is 0 Å². The number of unbranched alkanes of at least 4 members (excludes halogenated alkanes) is 8. The molecule has 88 valence electrons. The molecule has 0 amide bonds. The van der Waals surface area contributed by atoms with Crippen molar-refractivity contribution in [3.8, 4) is 0 Å². The van der Waals surface area contributed by atoms with Gasteiger partial charge in [0.1, 0.15) is 0 Å². The van der Waals surface area contributed by atoms with Crippen LogP contribution in [0.1, 0.15) is 71.1 Å². The van der Waals surface area contributed by atoms with Crippen LogP contribution in [0.25, 0.3) is 0 Å². The molecule has 0 aliphatic heterocycles. The average Bonchev–Trinajstić information content (AvgIpc) is 2.26. The molecule has 0 saturated carbocycles. The van der Waals surface area contributed by atoms with E-state index in [1.807, 2.05) is 0 Å². The van der Waals surface area contributed by atoms with E-state index in [1.54, 1.807) is 0 Å². The Morgan fingerprint density at radius 3 is 1.87 bits per heavy atom. The lowest BCUT2D eigenvalue weighted by Crippen LogP contribution is -2.00. The van der Waals surface area contributed by atoms with Gasteiger partial charge in [0.15, 0.2) is 0 Å². The van der Waals surface area contributed by atoms with Gasteiger partial charge < -0.3 is 4.65 Å². The van der Waals surface area contributed by atoms with Crippen LogP contribution < -0.4 is 0 Å². The minimum absolute atomic E-state index is 0.0713. The number of hydrogen-bond acceptors (Lipinski definition) is 2. The van der Waals surface area contributed by atoms with Crippen LogP contribution in [-0.2, 0) is 9.45 Å². The molecule has 0 heterocycles. The lowest BCUT2D eigenvalue weighted by atomic mass is 10.1. The second-order valence-corrected chi connectivity index (χ2v) is 4.15. The molecular weight excluding hydrogens is 187 g/mol. The predicted molar refractivity (Wildman–Crippen MR) is 66.5 cm³/mol. The first-order valence-corrected chi connectivity index (χ1v) is 6.38. The highest BCUT2D eigenvalue weighted by molar-refractivity contribution is 6.05. The van der Waals surface area contributed by atoms with Crippen LogP contribution in [0.4, 0.5) is 0 Å². The Bertz CT molecular complexity index is 149. The van der Waals surface area contributed by atoms with Crippen molar-refractivity contribution < 1.29 is 9.45 Å². The summed E-state index contributed by atoms with van der Waals surface area (Å²) in [5.74, 6) is -0.0713. The van der Waals surface area contributed by atoms with Crippen molar-refractivity contribution in [3.05, 3.63) is 0 Å². The first kappa shape index (κ1) is 14.5. The summed E-state index contributed by atoms with van der Waals surface area (Å²) in [6.07, 6.45) is 12.2. The normalized spacial score (nSPS) is 10.2. The van der Waals surface area contributed by atoms with Crippen molar-refractivity contribution >= 4 is 14.0 Å². The first-order valence-electron chi connectivity index (χ1n) is 6.38. The zero-order chi connectivity index (χ0) is 11.4. The fraction of sp³-hybridized carbons (Fsp3) is 0.917. The van der Waals surface area contributed by atoms with Gasteiger partial charge in [-0.2, -0.15) is 0 Å². The van der Waals surface area contributed by atoms with Crippen molar-refractivity contribution in [2.24, 2.45) is 0 Å². The Kier molecular flexibility index (Phi) is 11.2. The van der Waals surface area contributed by atoms with Crippen molar-refractivity contribution in [3.63, 3.8) is 0 Å². The molecule has 0 aromatic heterocycles. The summed E-state index contributed by atoms with van der Waals surface area (Å²) in [5, 5.41) is 0. The molecule has 0 rings (SSSR count). The fourth-order valence-electron chi connectivity index (χ4n) is 1.68. The van der Waals surface area contributed by atoms with E-state index >= 15 is 0 Å². The van der Waals surface area contributed by atoms with Gasteiger partial charge >= 0.3 is 8.05 Å². The number of carbonyl (C=O) groups excluding carboxylic acids is 1. The SMILES string of the molecule is BOC(=O)CCCCCCCCCCC. The van der Waals surface area contributed by atoms with Gasteiger partial charge in [-0.05, 0) is 6.42 Å². The van der Waals surface area contributed by atoms with Gasteiger partial charge in [-0.1, -0.05) is 58.3 Å². The highest BCUT2D eigenvalue weighted by atomic mass is 16.5. The van der Waals surface area contributed by atoms with E-state index < -0.39 is 0 Å². The highest BCUT2D eigenvalue weighted by Gasteiger charge is 1.98. The van der Waals surface area contributed by atoms with Crippen LogP contribution in [0.3, 0.4) is 0 Å². The maximum atomic E-state index is 10.8. The third kappa shape index (κ3) is 11.5. The molecule has 0 aromatic carbocycles.